The van der Waals surface area contributed by atoms with Gasteiger partial charge in [-0.15, -0.1) is 0 Å². The molecule has 1 atom stereocenters. The summed E-state index contributed by atoms with van der Waals surface area (Å²) in [5, 5.41) is 5.81. The summed E-state index contributed by atoms with van der Waals surface area (Å²) in [5.74, 6) is 1.04. The highest BCUT2D eigenvalue weighted by atomic mass is 16.5. The summed E-state index contributed by atoms with van der Waals surface area (Å²) in [6.45, 7) is 17.6. The lowest BCUT2D eigenvalue weighted by Gasteiger charge is -2.27. The number of nitrogens with zero attached hydrogens (tertiary/aromatic N) is 1. The quantitative estimate of drug-likeness (QED) is 0.376. The molecule has 198 valence electrons. The van der Waals surface area contributed by atoms with E-state index >= 15 is 0 Å². The number of nitrogens with one attached hydrogen (secondary N) is 2. The Hall–Kier alpha value is -2.76. The number of ether oxygens (including phenoxy) is 1. The number of benzene rings is 1. The van der Waals surface area contributed by atoms with Crippen LogP contribution < -0.4 is 10.6 Å². The van der Waals surface area contributed by atoms with Gasteiger partial charge in [0.1, 0.15) is 5.76 Å². The van der Waals surface area contributed by atoms with Gasteiger partial charge < -0.3 is 20.3 Å². The summed E-state index contributed by atoms with van der Waals surface area (Å²) in [4.78, 5) is 26.7. The number of anilines is 1. The summed E-state index contributed by atoms with van der Waals surface area (Å²) in [6.07, 6.45) is 9.01. The highest BCUT2D eigenvalue weighted by molar-refractivity contribution is 5.89. The Kier molecular flexibility index (Phi) is 16.3. The number of methoxy groups -OCH3 is 1. The number of urea groups is 1. The molecule has 1 aromatic carbocycles. The molecular weight excluding hydrogens is 438 g/mol. The van der Waals surface area contributed by atoms with E-state index in [0.29, 0.717) is 19.4 Å². The van der Waals surface area contributed by atoms with Gasteiger partial charge in [0.2, 0.25) is 5.91 Å². The molecule has 6 heteroatoms. The first kappa shape index (κ1) is 32.2. The molecule has 0 aliphatic heterocycles. The van der Waals surface area contributed by atoms with Crippen molar-refractivity contribution in [2.24, 2.45) is 5.41 Å². The van der Waals surface area contributed by atoms with Crippen molar-refractivity contribution in [2.75, 3.05) is 25.5 Å². The van der Waals surface area contributed by atoms with Crippen LogP contribution in [0.1, 0.15) is 80.2 Å². The minimum Gasteiger partial charge on any atom is -0.497 e. The van der Waals surface area contributed by atoms with E-state index in [-0.39, 0.29) is 23.4 Å². The predicted octanol–water partition coefficient (Wildman–Crippen LogP) is 6.94. The van der Waals surface area contributed by atoms with Crippen molar-refractivity contribution in [3.05, 3.63) is 53.8 Å². The highest BCUT2D eigenvalue weighted by Gasteiger charge is 2.23. The number of hydrogen-bond acceptors (Lipinski definition) is 3. The molecule has 0 spiro atoms. The van der Waals surface area contributed by atoms with E-state index in [9.17, 15) is 9.59 Å². The van der Waals surface area contributed by atoms with Crippen LogP contribution in [-0.2, 0) is 16.0 Å². The fourth-order valence-electron chi connectivity index (χ4n) is 3.55. The lowest BCUT2D eigenvalue weighted by Crippen LogP contribution is -2.37. The standard InChI is InChI=1S/C25H37N3O3.2C2H6/c1-6-17-28(19(2)3)23(29)12-9-20-7-10-21(11-8-20)27-24(30)26-18-25(4)15-13-22(31-5)14-16-25;2*1-2/h7-8,10-11,13-15,19H,6,9,12,16-18H2,1-5H3,(H2,26,27,30);2*1-2H3/t25-;;/m0../s1. The summed E-state index contributed by atoms with van der Waals surface area (Å²) in [7, 11) is 1.65. The first-order valence-electron chi connectivity index (χ1n) is 13.1. The molecule has 1 aliphatic rings. The maximum Gasteiger partial charge on any atom is 0.319 e. The van der Waals surface area contributed by atoms with Gasteiger partial charge in [-0.3, -0.25) is 4.79 Å². The highest BCUT2D eigenvalue weighted by Crippen LogP contribution is 2.28. The van der Waals surface area contributed by atoms with Gasteiger partial charge in [0.15, 0.2) is 0 Å². The maximum atomic E-state index is 12.5. The topological polar surface area (TPSA) is 70.7 Å². The van der Waals surface area contributed by atoms with Gasteiger partial charge >= 0.3 is 6.03 Å². The molecule has 0 aromatic heterocycles. The fourth-order valence-corrected chi connectivity index (χ4v) is 3.55. The van der Waals surface area contributed by atoms with Crippen molar-refractivity contribution in [1.29, 1.82) is 0 Å². The molecule has 0 unspecified atom stereocenters. The van der Waals surface area contributed by atoms with Gasteiger partial charge in [-0.05, 0) is 63.0 Å². The molecule has 0 bridgehead atoms. The van der Waals surface area contributed by atoms with E-state index in [0.717, 1.165) is 36.4 Å². The van der Waals surface area contributed by atoms with Gasteiger partial charge in [-0.1, -0.05) is 59.8 Å². The first-order chi connectivity index (χ1) is 16.8. The first-order valence-corrected chi connectivity index (χ1v) is 13.1. The average Bonchev–Trinajstić information content (AvgIpc) is 2.88. The Labute approximate surface area is 214 Å². The summed E-state index contributed by atoms with van der Waals surface area (Å²) in [6, 6.07) is 7.67. The molecule has 2 rings (SSSR count). The van der Waals surface area contributed by atoms with Gasteiger partial charge in [-0.2, -0.15) is 0 Å². The third-order valence-electron chi connectivity index (χ3n) is 5.56. The Balaban J connectivity index is 0.00000274. The molecule has 1 aliphatic carbocycles. The van der Waals surface area contributed by atoms with Crippen molar-refractivity contribution in [3.63, 3.8) is 0 Å². The summed E-state index contributed by atoms with van der Waals surface area (Å²) < 4.78 is 5.22. The largest absolute Gasteiger partial charge is 0.497 e. The molecule has 0 radical (unpaired) electrons. The van der Waals surface area contributed by atoms with E-state index < -0.39 is 0 Å². The smallest absolute Gasteiger partial charge is 0.319 e. The van der Waals surface area contributed by atoms with E-state index in [4.69, 9.17) is 4.74 Å². The molecule has 0 saturated carbocycles. The van der Waals surface area contributed by atoms with Crippen LogP contribution in [-0.4, -0.2) is 43.1 Å². The summed E-state index contributed by atoms with van der Waals surface area (Å²) in [5.41, 5.74) is 1.69. The zero-order valence-corrected chi connectivity index (χ0v) is 23.5. The van der Waals surface area contributed by atoms with Crippen LogP contribution in [0, 0.1) is 5.41 Å². The minimum absolute atomic E-state index is 0.128. The van der Waals surface area contributed by atoms with Crippen LogP contribution in [0.2, 0.25) is 0 Å². The number of carbonyl (C=O) groups excluding carboxylic acids is 2. The van der Waals surface area contributed by atoms with Gasteiger partial charge in [0.25, 0.3) is 0 Å². The van der Waals surface area contributed by atoms with Crippen LogP contribution >= 0.6 is 0 Å². The van der Waals surface area contributed by atoms with Gasteiger partial charge in [0.05, 0.1) is 7.11 Å². The number of carbonyl (C=O) groups is 2. The van der Waals surface area contributed by atoms with Crippen LogP contribution in [0.15, 0.2) is 48.3 Å². The molecular formula is C29H49N3O3. The maximum absolute atomic E-state index is 12.5. The molecule has 2 N–H and O–H groups in total. The Morgan fingerprint density at radius 3 is 2.23 bits per heavy atom. The molecule has 0 heterocycles. The fraction of sp³-hybridized carbons (Fsp3) is 0.586. The zero-order chi connectivity index (χ0) is 26.9. The minimum atomic E-state index is -0.230. The molecule has 1 aromatic rings. The van der Waals surface area contributed by atoms with E-state index in [1.807, 2.05) is 69.0 Å². The van der Waals surface area contributed by atoms with E-state index in [1.165, 1.54) is 0 Å². The normalized spacial score (nSPS) is 16.1. The summed E-state index contributed by atoms with van der Waals surface area (Å²) >= 11 is 0. The third kappa shape index (κ3) is 12.0. The Bertz CT molecular complexity index is 800. The van der Waals surface area contributed by atoms with Crippen molar-refractivity contribution in [3.8, 4) is 0 Å². The average molecular weight is 488 g/mol. The molecule has 6 nitrogen and oxygen atoms in total. The van der Waals surface area contributed by atoms with Gasteiger partial charge in [0, 0.05) is 36.7 Å². The van der Waals surface area contributed by atoms with Crippen LogP contribution in [0.3, 0.4) is 0 Å². The number of hydrogen-bond donors (Lipinski definition) is 2. The van der Waals surface area contributed by atoms with Crippen LogP contribution in [0.5, 0.6) is 0 Å². The number of amides is 3. The zero-order valence-electron chi connectivity index (χ0n) is 23.5. The van der Waals surface area contributed by atoms with E-state index in [2.05, 4.69) is 44.4 Å². The lowest BCUT2D eigenvalue weighted by atomic mass is 9.83. The molecule has 0 saturated heterocycles. The third-order valence-corrected chi connectivity index (χ3v) is 5.56. The van der Waals surface area contributed by atoms with Crippen molar-refractivity contribution >= 4 is 17.6 Å². The number of allylic oxidation sites excluding steroid dienone is 2. The second-order valence-corrected chi connectivity index (χ2v) is 8.69. The monoisotopic (exact) mass is 487 g/mol. The molecule has 35 heavy (non-hydrogen) atoms. The SMILES string of the molecule is CC.CC.CCCN(C(=O)CCc1ccc(NC(=O)NC[C@@]2(C)C=CC(OC)=CC2)cc1)C(C)C. The van der Waals surface area contributed by atoms with Crippen molar-refractivity contribution in [1.82, 2.24) is 10.2 Å². The predicted molar refractivity (Wildman–Crippen MR) is 149 cm³/mol. The van der Waals surface area contributed by atoms with Crippen molar-refractivity contribution < 1.29 is 14.3 Å². The van der Waals surface area contributed by atoms with Gasteiger partial charge in [-0.25, -0.2) is 4.79 Å². The second kappa shape index (κ2) is 17.6. The Morgan fingerprint density at radius 2 is 1.74 bits per heavy atom. The van der Waals surface area contributed by atoms with Crippen LogP contribution in [0.4, 0.5) is 10.5 Å². The van der Waals surface area contributed by atoms with Crippen molar-refractivity contribution in [2.45, 2.75) is 87.1 Å². The molecule has 3 amide bonds. The molecule has 0 fully saturated rings. The Morgan fingerprint density at radius 1 is 1.11 bits per heavy atom. The van der Waals surface area contributed by atoms with Crippen LogP contribution in [0.25, 0.3) is 0 Å². The lowest BCUT2D eigenvalue weighted by molar-refractivity contribution is -0.132. The number of rotatable bonds is 10. The van der Waals surface area contributed by atoms with E-state index in [1.54, 1.807) is 7.11 Å². The second-order valence-electron chi connectivity index (χ2n) is 8.69. The number of aryl methyl sites for hydroxylation is 1.